The Bertz CT molecular complexity index is 517. The van der Waals surface area contributed by atoms with Crippen LogP contribution < -0.4 is 0 Å². The van der Waals surface area contributed by atoms with Crippen LogP contribution in [0.1, 0.15) is 18.5 Å². The molecule has 0 radical (unpaired) electrons. The maximum Gasteiger partial charge on any atom is 0.195 e. The van der Waals surface area contributed by atoms with Gasteiger partial charge in [-0.2, -0.15) is 5.10 Å². The summed E-state index contributed by atoms with van der Waals surface area (Å²) in [7, 11) is 0. The number of H-pyrrole nitrogens is 1. The van der Waals surface area contributed by atoms with Crippen molar-refractivity contribution in [2.45, 2.75) is 13.0 Å². The molecule has 0 aliphatic heterocycles. The predicted molar refractivity (Wildman–Crippen MR) is 57.6 cm³/mol. The van der Waals surface area contributed by atoms with Crippen LogP contribution >= 0.6 is 12.2 Å². The van der Waals surface area contributed by atoms with E-state index in [1.165, 1.54) is 6.07 Å². The average molecular weight is 223 g/mol. The minimum atomic E-state index is -0.229. The van der Waals surface area contributed by atoms with E-state index in [0.29, 0.717) is 10.3 Å². The first-order valence-electron chi connectivity index (χ1n) is 4.56. The topological polar surface area (TPSA) is 33.6 Å². The SMILES string of the molecule is CC(c1ccccc1F)n1cn[nH]c1=S. The molecule has 0 saturated heterocycles. The first-order valence-corrected chi connectivity index (χ1v) is 4.97. The van der Waals surface area contributed by atoms with Gasteiger partial charge in [0.2, 0.25) is 0 Å². The van der Waals surface area contributed by atoms with Crippen molar-refractivity contribution < 1.29 is 4.39 Å². The van der Waals surface area contributed by atoms with E-state index in [9.17, 15) is 4.39 Å². The molecule has 0 aliphatic carbocycles. The fourth-order valence-electron chi connectivity index (χ4n) is 1.50. The monoisotopic (exact) mass is 223 g/mol. The van der Waals surface area contributed by atoms with Gasteiger partial charge in [-0.3, -0.25) is 9.67 Å². The van der Waals surface area contributed by atoms with Crippen molar-refractivity contribution in [2.24, 2.45) is 0 Å². The van der Waals surface area contributed by atoms with Crippen LogP contribution in [0.4, 0.5) is 4.39 Å². The smallest absolute Gasteiger partial charge is 0.195 e. The third kappa shape index (κ3) is 1.83. The summed E-state index contributed by atoms with van der Waals surface area (Å²) >= 11 is 5.03. The zero-order valence-corrected chi connectivity index (χ0v) is 8.96. The molecule has 1 unspecified atom stereocenters. The Hall–Kier alpha value is -1.49. The lowest BCUT2D eigenvalue weighted by molar-refractivity contribution is 0.553. The van der Waals surface area contributed by atoms with Crippen LogP contribution in [0.15, 0.2) is 30.6 Å². The molecule has 1 aromatic heterocycles. The zero-order valence-electron chi connectivity index (χ0n) is 8.14. The van der Waals surface area contributed by atoms with E-state index in [2.05, 4.69) is 10.2 Å². The minimum Gasteiger partial charge on any atom is -0.299 e. The molecule has 0 bridgehead atoms. The second kappa shape index (κ2) is 3.94. The molecule has 2 aromatic rings. The Morgan fingerprint density at radius 2 is 2.20 bits per heavy atom. The van der Waals surface area contributed by atoms with E-state index >= 15 is 0 Å². The number of halogens is 1. The Balaban J connectivity index is 2.45. The van der Waals surface area contributed by atoms with Crippen LogP contribution in [0, 0.1) is 10.6 Å². The van der Waals surface area contributed by atoms with E-state index in [4.69, 9.17) is 12.2 Å². The Labute approximate surface area is 91.6 Å². The van der Waals surface area contributed by atoms with Gasteiger partial charge >= 0.3 is 0 Å². The standard InChI is InChI=1S/C10H10FN3S/c1-7(14-6-12-13-10(14)15)8-4-2-3-5-9(8)11/h2-7H,1H3,(H,13,15). The van der Waals surface area contributed by atoms with Crippen LogP contribution in [-0.2, 0) is 0 Å². The molecule has 0 spiro atoms. The van der Waals surface area contributed by atoms with E-state index in [1.54, 1.807) is 29.1 Å². The van der Waals surface area contributed by atoms with Crippen molar-refractivity contribution >= 4 is 12.2 Å². The first kappa shape index (κ1) is 10.0. The number of nitrogens with zero attached hydrogens (tertiary/aromatic N) is 2. The van der Waals surface area contributed by atoms with E-state index in [1.807, 2.05) is 6.92 Å². The molecule has 15 heavy (non-hydrogen) atoms. The van der Waals surface area contributed by atoms with Gasteiger partial charge in [0.1, 0.15) is 12.1 Å². The first-order chi connectivity index (χ1) is 7.20. The number of benzene rings is 1. The van der Waals surface area contributed by atoms with Crippen LogP contribution in [0.25, 0.3) is 0 Å². The molecule has 0 fully saturated rings. The second-order valence-corrected chi connectivity index (χ2v) is 3.65. The van der Waals surface area contributed by atoms with Crippen molar-refractivity contribution in [3.63, 3.8) is 0 Å². The molecule has 1 atom stereocenters. The molecular weight excluding hydrogens is 213 g/mol. The summed E-state index contributed by atoms with van der Waals surface area (Å²) in [6, 6.07) is 6.50. The second-order valence-electron chi connectivity index (χ2n) is 3.27. The normalized spacial score (nSPS) is 12.7. The quantitative estimate of drug-likeness (QED) is 0.794. The summed E-state index contributed by atoms with van der Waals surface area (Å²) in [5.41, 5.74) is 0.606. The van der Waals surface area contributed by atoms with Crippen LogP contribution in [0.5, 0.6) is 0 Å². The summed E-state index contributed by atoms with van der Waals surface area (Å²) in [4.78, 5) is 0. The number of hydrogen-bond acceptors (Lipinski definition) is 2. The molecule has 2 rings (SSSR count). The van der Waals surface area contributed by atoms with Crippen molar-refractivity contribution in [2.75, 3.05) is 0 Å². The number of hydrogen-bond donors (Lipinski definition) is 1. The molecule has 0 aliphatic rings. The van der Waals surface area contributed by atoms with Gasteiger partial charge < -0.3 is 0 Å². The summed E-state index contributed by atoms with van der Waals surface area (Å²) in [5, 5.41) is 6.45. The maximum absolute atomic E-state index is 13.5. The summed E-state index contributed by atoms with van der Waals surface area (Å²) in [5.74, 6) is -0.229. The summed E-state index contributed by atoms with van der Waals surface area (Å²) in [6.45, 7) is 1.88. The van der Waals surface area contributed by atoms with Crippen molar-refractivity contribution in [1.82, 2.24) is 14.8 Å². The lowest BCUT2D eigenvalue weighted by Gasteiger charge is -2.13. The minimum absolute atomic E-state index is 0.155. The van der Waals surface area contributed by atoms with Gasteiger partial charge in [0.25, 0.3) is 0 Å². The van der Waals surface area contributed by atoms with Crippen molar-refractivity contribution in [1.29, 1.82) is 0 Å². The molecule has 0 saturated carbocycles. The van der Waals surface area contributed by atoms with Gasteiger partial charge in [-0.15, -0.1) is 0 Å². The number of aromatic nitrogens is 3. The largest absolute Gasteiger partial charge is 0.299 e. The van der Waals surface area contributed by atoms with Crippen LogP contribution in [-0.4, -0.2) is 14.8 Å². The van der Waals surface area contributed by atoms with Gasteiger partial charge in [-0.25, -0.2) is 4.39 Å². The number of nitrogens with one attached hydrogen (secondary N) is 1. The zero-order chi connectivity index (χ0) is 10.8. The van der Waals surface area contributed by atoms with Crippen molar-refractivity contribution in [3.05, 3.63) is 46.7 Å². The Morgan fingerprint density at radius 1 is 1.47 bits per heavy atom. The van der Waals surface area contributed by atoms with E-state index in [0.717, 1.165) is 0 Å². The van der Waals surface area contributed by atoms with Gasteiger partial charge in [-0.05, 0) is 25.2 Å². The van der Waals surface area contributed by atoms with E-state index < -0.39 is 0 Å². The molecular formula is C10H10FN3S. The Kier molecular flexibility index (Phi) is 2.64. The summed E-state index contributed by atoms with van der Waals surface area (Å²) in [6.07, 6.45) is 1.57. The highest BCUT2D eigenvalue weighted by molar-refractivity contribution is 7.71. The maximum atomic E-state index is 13.5. The third-order valence-corrected chi connectivity index (χ3v) is 2.65. The molecule has 0 amide bonds. The molecule has 78 valence electrons. The number of aromatic amines is 1. The lowest BCUT2D eigenvalue weighted by Crippen LogP contribution is -2.07. The molecule has 5 heteroatoms. The highest BCUT2D eigenvalue weighted by atomic mass is 32.1. The van der Waals surface area contributed by atoms with Crippen molar-refractivity contribution in [3.8, 4) is 0 Å². The van der Waals surface area contributed by atoms with Gasteiger partial charge in [0.05, 0.1) is 6.04 Å². The van der Waals surface area contributed by atoms with Crippen LogP contribution in [0.2, 0.25) is 0 Å². The average Bonchev–Trinajstić information content (AvgIpc) is 2.64. The Morgan fingerprint density at radius 3 is 2.80 bits per heavy atom. The van der Waals surface area contributed by atoms with Crippen LogP contribution in [0.3, 0.4) is 0 Å². The van der Waals surface area contributed by atoms with Gasteiger partial charge in [-0.1, -0.05) is 18.2 Å². The predicted octanol–water partition coefficient (Wildman–Crippen LogP) is 2.69. The third-order valence-electron chi connectivity index (χ3n) is 2.35. The summed E-state index contributed by atoms with van der Waals surface area (Å²) < 4.78 is 15.7. The lowest BCUT2D eigenvalue weighted by atomic mass is 10.1. The molecule has 1 aromatic carbocycles. The highest BCUT2D eigenvalue weighted by Gasteiger charge is 2.12. The van der Waals surface area contributed by atoms with E-state index in [-0.39, 0.29) is 11.9 Å². The fourth-order valence-corrected chi connectivity index (χ4v) is 1.75. The number of rotatable bonds is 2. The molecule has 3 nitrogen and oxygen atoms in total. The van der Waals surface area contributed by atoms with Gasteiger partial charge in [0.15, 0.2) is 4.77 Å². The fraction of sp³-hybridized carbons (Fsp3) is 0.200. The molecule has 1 heterocycles. The van der Waals surface area contributed by atoms with Gasteiger partial charge in [0, 0.05) is 5.56 Å². The molecule has 1 N–H and O–H groups in total. The highest BCUT2D eigenvalue weighted by Crippen LogP contribution is 2.20.